The van der Waals surface area contributed by atoms with Crippen molar-refractivity contribution in [1.29, 1.82) is 0 Å². The first-order chi connectivity index (χ1) is 15.0. The van der Waals surface area contributed by atoms with Crippen molar-refractivity contribution in [3.05, 3.63) is 108 Å². The van der Waals surface area contributed by atoms with Gasteiger partial charge in [-0.2, -0.15) is 8.78 Å². The standard InChI is InChI=1S/C26H21F2NO2/c1-18-23(25(30)26(27,28)17-16-19-8-4-2-5-9-19)24(31-29-18)22-14-12-21(13-15-22)20-10-6-3-7-11-20/h2-17,25,30H,1H3/b17-16+. The number of rotatable bonds is 6. The Hall–Kier alpha value is -3.57. The molecular formula is C26H21F2NO2. The summed E-state index contributed by atoms with van der Waals surface area (Å²) in [5.41, 5.74) is 3.42. The molecule has 1 unspecified atom stereocenters. The monoisotopic (exact) mass is 417 g/mol. The number of alkyl halides is 2. The Morgan fingerprint density at radius 2 is 1.39 bits per heavy atom. The Balaban J connectivity index is 1.63. The highest BCUT2D eigenvalue weighted by Crippen LogP contribution is 2.40. The van der Waals surface area contributed by atoms with E-state index in [9.17, 15) is 13.9 Å². The molecule has 1 atom stereocenters. The third-order valence-corrected chi connectivity index (χ3v) is 5.10. The third-order valence-electron chi connectivity index (χ3n) is 5.10. The van der Waals surface area contributed by atoms with Gasteiger partial charge in [0.15, 0.2) is 11.9 Å². The molecule has 0 saturated carbocycles. The summed E-state index contributed by atoms with van der Waals surface area (Å²) in [6.07, 6.45) is -0.0928. The largest absolute Gasteiger partial charge is 0.381 e. The number of nitrogens with zero attached hydrogens (tertiary/aromatic N) is 1. The fraction of sp³-hybridized carbons (Fsp3) is 0.115. The maximum absolute atomic E-state index is 14.8. The Kier molecular flexibility index (Phi) is 5.78. The molecule has 5 heteroatoms. The number of aliphatic hydroxyl groups excluding tert-OH is 1. The van der Waals surface area contributed by atoms with Crippen molar-refractivity contribution in [2.45, 2.75) is 19.0 Å². The maximum atomic E-state index is 14.8. The lowest BCUT2D eigenvalue weighted by Crippen LogP contribution is -2.24. The lowest BCUT2D eigenvalue weighted by molar-refractivity contribution is -0.0710. The Labute approximate surface area is 179 Å². The van der Waals surface area contributed by atoms with Crippen LogP contribution < -0.4 is 0 Å². The molecule has 0 saturated heterocycles. The Bertz CT molecular complexity index is 1170. The second-order valence-corrected chi connectivity index (χ2v) is 7.28. The summed E-state index contributed by atoms with van der Waals surface area (Å²) in [5, 5.41) is 14.4. The summed E-state index contributed by atoms with van der Waals surface area (Å²) < 4.78 is 35.0. The first-order valence-corrected chi connectivity index (χ1v) is 9.88. The fourth-order valence-corrected chi connectivity index (χ4v) is 3.41. The molecule has 0 radical (unpaired) electrons. The molecule has 3 aromatic carbocycles. The normalized spacial score (nSPS) is 12.9. The molecule has 0 aliphatic carbocycles. The van der Waals surface area contributed by atoms with Gasteiger partial charge in [0.1, 0.15) is 0 Å². The molecule has 0 fully saturated rings. The van der Waals surface area contributed by atoms with Gasteiger partial charge in [-0.1, -0.05) is 96.2 Å². The van der Waals surface area contributed by atoms with E-state index >= 15 is 0 Å². The van der Waals surface area contributed by atoms with E-state index in [0.717, 1.165) is 11.1 Å². The minimum absolute atomic E-state index is 0.0184. The summed E-state index contributed by atoms with van der Waals surface area (Å²) in [6, 6.07) is 25.9. The highest BCUT2D eigenvalue weighted by molar-refractivity contribution is 5.70. The average molecular weight is 417 g/mol. The van der Waals surface area contributed by atoms with E-state index < -0.39 is 12.0 Å². The summed E-state index contributed by atoms with van der Waals surface area (Å²) in [4.78, 5) is 0. The van der Waals surface area contributed by atoms with Crippen LogP contribution in [-0.2, 0) is 0 Å². The number of hydrogen-bond acceptors (Lipinski definition) is 3. The highest BCUT2D eigenvalue weighted by Gasteiger charge is 2.41. The van der Waals surface area contributed by atoms with Gasteiger partial charge in [0.2, 0.25) is 0 Å². The highest BCUT2D eigenvalue weighted by atomic mass is 19.3. The molecule has 4 rings (SSSR count). The SMILES string of the molecule is Cc1noc(-c2ccc(-c3ccccc3)cc2)c1C(O)C(F)(F)/C=C/c1ccccc1. The topological polar surface area (TPSA) is 46.3 Å². The van der Waals surface area contributed by atoms with Gasteiger partial charge < -0.3 is 9.63 Å². The molecular weight excluding hydrogens is 396 g/mol. The predicted octanol–water partition coefficient (Wildman–Crippen LogP) is 6.70. The van der Waals surface area contributed by atoms with E-state index in [1.807, 2.05) is 42.5 Å². The second-order valence-electron chi connectivity index (χ2n) is 7.28. The first-order valence-electron chi connectivity index (χ1n) is 9.88. The van der Waals surface area contributed by atoms with Gasteiger partial charge in [0, 0.05) is 5.56 Å². The van der Waals surface area contributed by atoms with Crippen LogP contribution in [0.25, 0.3) is 28.5 Å². The van der Waals surface area contributed by atoms with Crippen molar-refractivity contribution in [2.24, 2.45) is 0 Å². The molecule has 156 valence electrons. The number of halogens is 2. The molecule has 1 aromatic heterocycles. The molecule has 0 aliphatic rings. The Morgan fingerprint density at radius 3 is 2.03 bits per heavy atom. The minimum atomic E-state index is -3.51. The summed E-state index contributed by atoms with van der Waals surface area (Å²) in [5.74, 6) is -3.37. The zero-order valence-electron chi connectivity index (χ0n) is 16.9. The van der Waals surface area contributed by atoms with Crippen LogP contribution in [0.15, 0.2) is 95.5 Å². The van der Waals surface area contributed by atoms with Crippen LogP contribution >= 0.6 is 0 Å². The van der Waals surface area contributed by atoms with Crippen molar-refractivity contribution >= 4 is 6.08 Å². The molecule has 0 amide bonds. The molecule has 3 nitrogen and oxygen atoms in total. The van der Waals surface area contributed by atoms with Crippen molar-refractivity contribution in [1.82, 2.24) is 5.16 Å². The van der Waals surface area contributed by atoms with Gasteiger partial charge >= 0.3 is 0 Å². The van der Waals surface area contributed by atoms with Crippen molar-refractivity contribution in [3.8, 4) is 22.5 Å². The number of benzene rings is 3. The van der Waals surface area contributed by atoms with Crippen LogP contribution in [0, 0.1) is 6.92 Å². The zero-order chi connectivity index (χ0) is 21.8. The lowest BCUT2D eigenvalue weighted by atomic mass is 9.96. The molecule has 0 bridgehead atoms. The number of hydrogen-bond donors (Lipinski definition) is 1. The fourth-order valence-electron chi connectivity index (χ4n) is 3.41. The number of aryl methyl sites for hydroxylation is 1. The van der Waals surface area contributed by atoms with E-state index in [4.69, 9.17) is 4.52 Å². The molecule has 1 heterocycles. The summed E-state index contributed by atoms with van der Waals surface area (Å²) in [7, 11) is 0. The number of aromatic nitrogens is 1. The van der Waals surface area contributed by atoms with Gasteiger partial charge in [-0.3, -0.25) is 0 Å². The van der Waals surface area contributed by atoms with Crippen LogP contribution in [-0.4, -0.2) is 16.2 Å². The molecule has 0 aliphatic heterocycles. The van der Waals surface area contributed by atoms with Crippen LogP contribution in [0.4, 0.5) is 8.78 Å². The average Bonchev–Trinajstić information content (AvgIpc) is 3.19. The Morgan fingerprint density at radius 1 is 0.839 bits per heavy atom. The van der Waals surface area contributed by atoms with E-state index in [1.165, 1.54) is 6.08 Å². The summed E-state index contributed by atoms with van der Waals surface area (Å²) in [6.45, 7) is 1.54. The minimum Gasteiger partial charge on any atom is -0.381 e. The van der Waals surface area contributed by atoms with Crippen LogP contribution in [0.1, 0.15) is 22.9 Å². The van der Waals surface area contributed by atoms with Gasteiger partial charge in [-0.15, -0.1) is 0 Å². The van der Waals surface area contributed by atoms with Gasteiger partial charge in [-0.25, -0.2) is 0 Å². The smallest absolute Gasteiger partial charge is 0.296 e. The first kappa shape index (κ1) is 20.7. The molecule has 0 spiro atoms. The van der Waals surface area contributed by atoms with E-state index in [0.29, 0.717) is 17.2 Å². The quantitative estimate of drug-likeness (QED) is 0.380. The van der Waals surface area contributed by atoms with Crippen LogP contribution in [0.5, 0.6) is 0 Å². The molecule has 31 heavy (non-hydrogen) atoms. The zero-order valence-corrected chi connectivity index (χ0v) is 16.9. The van der Waals surface area contributed by atoms with E-state index in [-0.39, 0.29) is 17.0 Å². The predicted molar refractivity (Wildman–Crippen MR) is 117 cm³/mol. The van der Waals surface area contributed by atoms with E-state index in [1.54, 1.807) is 49.4 Å². The van der Waals surface area contributed by atoms with Gasteiger partial charge in [0.25, 0.3) is 5.92 Å². The van der Waals surface area contributed by atoms with Crippen molar-refractivity contribution < 1.29 is 18.4 Å². The maximum Gasteiger partial charge on any atom is 0.296 e. The lowest BCUT2D eigenvalue weighted by Gasteiger charge is -2.19. The van der Waals surface area contributed by atoms with E-state index in [2.05, 4.69) is 5.16 Å². The van der Waals surface area contributed by atoms with Gasteiger partial charge in [-0.05, 0) is 29.7 Å². The van der Waals surface area contributed by atoms with Crippen LogP contribution in [0.3, 0.4) is 0 Å². The van der Waals surface area contributed by atoms with Gasteiger partial charge in [0.05, 0.1) is 11.3 Å². The van der Waals surface area contributed by atoms with Crippen molar-refractivity contribution in [3.63, 3.8) is 0 Å². The second kappa shape index (κ2) is 8.66. The van der Waals surface area contributed by atoms with Crippen LogP contribution in [0.2, 0.25) is 0 Å². The molecule has 4 aromatic rings. The molecule has 1 N–H and O–H groups in total. The van der Waals surface area contributed by atoms with Crippen molar-refractivity contribution in [2.75, 3.05) is 0 Å². The number of aliphatic hydroxyl groups is 1. The summed E-state index contributed by atoms with van der Waals surface area (Å²) >= 11 is 0. The third kappa shape index (κ3) is 4.47.